The van der Waals surface area contributed by atoms with Crippen molar-refractivity contribution in [3.8, 4) is 5.69 Å². The zero-order valence-electron chi connectivity index (χ0n) is 16.2. The van der Waals surface area contributed by atoms with Gasteiger partial charge in [0.15, 0.2) is 0 Å². The average Bonchev–Trinajstić information content (AvgIpc) is 3.25. The molecule has 4 rings (SSSR count). The zero-order valence-corrected chi connectivity index (χ0v) is 16.2. The first-order valence-electron chi connectivity index (χ1n) is 9.77. The van der Waals surface area contributed by atoms with Gasteiger partial charge in [-0.2, -0.15) is 5.10 Å². The Morgan fingerprint density at radius 2 is 2.00 bits per heavy atom. The highest BCUT2D eigenvalue weighted by molar-refractivity contribution is 5.90. The summed E-state index contributed by atoms with van der Waals surface area (Å²) in [5.74, 6) is -0.524. The van der Waals surface area contributed by atoms with E-state index in [4.69, 9.17) is 5.21 Å². The number of hydrogen-bond donors (Lipinski definition) is 2. The highest BCUT2D eigenvalue weighted by Crippen LogP contribution is 2.21. The maximum atomic E-state index is 11.1. The summed E-state index contributed by atoms with van der Waals surface area (Å²) in [6.45, 7) is 2.92. The smallest absolute Gasteiger partial charge is 0.267 e. The van der Waals surface area contributed by atoms with Crippen molar-refractivity contribution >= 4 is 12.0 Å². The Hall–Kier alpha value is -3.22. The van der Waals surface area contributed by atoms with Crippen molar-refractivity contribution in [1.82, 2.24) is 20.2 Å². The summed E-state index contributed by atoms with van der Waals surface area (Å²) in [5.41, 5.74) is 7.52. The molecule has 0 bridgehead atoms. The second-order valence-electron chi connectivity index (χ2n) is 7.18. The van der Waals surface area contributed by atoms with Crippen LogP contribution >= 0.6 is 0 Å². The molecular formula is C23H24N4O2. The minimum atomic E-state index is -0.524. The van der Waals surface area contributed by atoms with Crippen LogP contribution in [0.1, 0.15) is 22.4 Å². The number of aromatic nitrogens is 2. The number of benzene rings is 2. The van der Waals surface area contributed by atoms with Crippen LogP contribution in [-0.4, -0.2) is 38.9 Å². The Balaban J connectivity index is 1.38. The van der Waals surface area contributed by atoms with E-state index >= 15 is 0 Å². The van der Waals surface area contributed by atoms with E-state index in [2.05, 4.69) is 40.3 Å². The third-order valence-electron chi connectivity index (χ3n) is 5.27. The van der Waals surface area contributed by atoms with Crippen LogP contribution in [0.25, 0.3) is 11.8 Å². The number of amides is 1. The molecule has 0 saturated carbocycles. The molecular weight excluding hydrogens is 364 g/mol. The Bertz CT molecular complexity index is 1010. The number of para-hydroxylation sites is 1. The normalized spacial score (nSPS) is 14.1. The van der Waals surface area contributed by atoms with Gasteiger partial charge in [0.2, 0.25) is 0 Å². The van der Waals surface area contributed by atoms with Crippen molar-refractivity contribution in [1.29, 1.82) is 0 Å². The monoisotopic (exact) mass is 388 g/mol. The lowest BCUT2D eigenvalue weighted by Crippen LogP contribution is -2.32. The number of hydroxylamine groups is 1. The molecule has 2 N–H and O–H groups in total. The van der Waals surface area contributed by atoms with Crippen molar-refractivity contribution in [2.24, 2.45) is 0 Å². The van der Waals surface area contributed by atoms with E-state index in [1.807, 2.05) is 35.1 Å². The maximum Gasteiger partial charge on any atom is 0.267 e. The van der Waals surface area contributed by atoms with Crippen LogP contribution < -0.4 is 5.48 Å². The molecule has 6 heteroatoms. The molecule has 6 nitrogen and oxygen atoms in total. The number of carbonyl (C=O) groups excluding carboxylic acids is 1. The summed E-state index contributed by atoms with van der Waals surface area (Å²) in [6.07, 6.45) is 6.83. The number of carbonyl (C=O) groups is 1. The predicted octanol–water partition coefficient (Wildman–Crippen LogP) is 2.99. The highest BCUT2D eigenvalue weighted by atomic mass is 16.5. The molecule has 0 unspecified atom stereocenters. The molecule has 0 saturated heterocycles. The average molecular weight is 388 g/mol. The van der Waals surface area contributed by atoms with Crippen molar-refractivity contribution in [3.63, 3.8) is 0 Å². The summed E-state index contributed by atoms with van der Waals surface area (Å²) < 4.78 is 2.01. The van der Waals surface area contributed by atoms with Crippen LogP contribution in [0.3, 0.4) is 0 Å². The second kappa shape index (κ2) is 8.86. The molecule has 1 aliphatic rings. The van der Waals surface area contributed by atoms with Crippen molar-refractivity contribution in [2.45, 2.75) is 19.4 Å². The fraction of sp³-hybridized carbons (Fsp3) is 0.217. The zero-order chi connectivity index (χ0) is 20.1. The van der Waals surface area contributed by atoms with Gasteiger partial charge in [0, 0.05) is 44.0 Å². The summed E-state index contributed by atoms with van der Waals surface area (Å²) >= 11 is 0. The molecule has 1 aliphatic heterocycles. The van der Waals surface area contributed by atoms with Gasteiger partial charge in [-0.05, 0) is 47.4 Å². The molecule has 0 aliphatic carbocycles. The van der Waals surface area contributed by atoms with Crippen LogP contribution in [-0.2, 0) is 24.2 Å². The minimum Gasteiger partial charge on any atom is -0.298 e. The number of nitrogens with zero attached hydrogens (tertiary/aromatic N) is 3. The number of nitrogens with one attached hydrogen (secondary N) is 1. The minimum absolute atomic E-state index is 0.524. The van der Waals surface area contributed by atoms with Gasteiger partial charge in [0.25, 0.3) is 5.91 Å². The van der Waals surface area contributed by atoms with Gasteiger partial charge < -0.3 is 0 Å². The molecule has 0 fully saturated rings. The first-order valence-corrected chi connectivity index (χ1v) is 9.77. The topological polar surface area (TPSA) is 70.4 Å². The van der Waals surface area contributed by atoms with Crippen LogP contribution in [0.2, 0.25) is 0 Å². The Labute approximate surface area is 170 Å². The van der Waals surface area contributed by atoms with Gasteiger partial charge in [0.1, 0.15) is 0 Å². The van der Waals surface area contributed by atoms with Crippen LogP contribution in [0.15, 0.2) is 66.9 Å². The van der Waals surface area contributed by atoms with E-state index in [-0.39, 0.29) is 0 Å². The first-order chi connectivity index (χ1) is 14.2. The van der Waals surface area contributed by atoms with E-state index < -0.39 is 5.91 Å². The van der Waals surface area contributed by atoms with Gasteiger partial charge in [-0.25, -0.2) is 10.2 Å². The molecule has 3 aromatic rings. The van der Waals surface area contributed by atoms with Gasteiger partial charge in [0.05, 0.1) is 5.69 Å². The summed E-state index contributed by atoms with van der Waals surface area (Å²) in [6, 6.07) is 18.6. The molecule has 0 spiro atoms. The van der Waals surface area contributed by atoms with Gasteiger partial charge in [-0.1, -0.05) is 36.4 Å². The lowest BCUT2D eigenvalue weighted by molar-refractivity contribution is -0.124. The first kappa shape index (κ1) is 19.1. The fourth-order valence-corrected chi connectivity index (χ4v) is 3.73. The number of rotatable bonds is 6. The number of fused-ring (bicyclic) bond motifs is 1. The molecule has 148 valence electrons. The molecule has 29 heavy (non-hydrogen) atoms. The number of hydrogen-bond acceptors (Lipinski definition) is 4. The molecule has 1 aromatic heterocycles. The molecule has 2 heterocycles. The molecule has 2 aromatic carbocycles. The van der Waals surface area contributed by atoms with Crippen molar-refractivity contribution < 1.29 is 10.0 Å². The molecule has 1 amide bonds. The van der Waals surface area contributed by atoms with Crippen molar-refractivity contribution in [3.05, 3.63) is 89.3 Å². The Morgan fingerprint density at radius 3 is 2.83 bits per heavy atom. The van der Waals surface area contributed by atoms with E-state index in [9.17, 15) is 4.79 Å². The van der Waals surface area contributed by atoms with Crippen LogP contribution in [0, 0.1) is 0 Å². The van der Waals surface area contributed by atoms with Crippen LogP contribution in [0.5, 0.6) is 0 Å². The SMILES string of the molecule is O=C(C=Cc1ccc2c(c1)CCN(CCc1ccnn1-c1ccccc1)C2)NO. The Kier molecular flexibility index (Phi) is 5.84. The van der Waals surface area contributed by atoms with Crippen molar-refractivity contribution in [2.75, 3.05) is 13.1 Å². The Morgan fingerprint density at radius 1 is 1.14 bits per heavy atom. The summed E-state index contributed by atoms with van der Waals surface area (Å²) in [5, 5.41) is 13.1. The van der Waals surface area contributed by atoms with Gasteiger partial charge in [-0.15, -0.1) is 0 Å². The summed E-state index contributed by atoms with van der Waals surface area (Å²) in [7, 11) is 0. The third-order valence-corrected chi connectivity index (χ3v) is 5.27. The lowest BCUT2D eigenvalue weighted by atomic mass is 9.97. The molecule has 0 atom stereocenters. The fourth-order valence-electron chi connectivity index (χ4n) is 3.73. The third kappa shape index (κ3) is 4.62. The second-order valence-corrected chi connectivity index (χ2v) is 7.18. The van der Waals surface area contributed by atoms with Gasteiger partial charge >= 0.3 is 0 Å². The van der Waals surface area contributed by atoms with Crippen LogP contribution in [0.4, 0.5) is 0 Å². The summed E-state index contributed by atoms with van der Waals surface area (Å²) in [4.78, 5) is 13.6. The quantitative estimate of drug-likeness (QED) is 0.387. The lowest BCUT2D eigenvalue weighted by Gasteiger charge is -2.29. The van der Waals surface area contributed by atoms with E-state index in [1.165, 1.54) is 22.9 Å². The van der Waals surface area contributed by atoms with E-state index in [0.29, 0.717) is 0 Å². The van der Waals surface area contributed by atoms with Gasteiger partial charge in [-0.3, -0.25) is 14.9 Å². The standard InChI is InChI=1S/C23H24N4O2/c28-23(25-29)9-7-18-6-8-20-17-26(14-11-19(20)16-18)15-12-22-10-13-24-27(22)21-4-2-1-3-5-21/h1-10,13,16,29H,11-12,14-15,17H2,(H,25,28). The van der Waals surface area contributed by atoms with E-state index in [1.54, 1.807) is 11.6 Å². The maximum absolute atomic E-state index is 11.1. The predicted molar refractivity (Wildman–Crippen MR) is 112 cm³/mol. The largest absolute Gasteiger partial charge is 0.298 e. The van der Waals surface area contributed by atoms with E-state index in [0.717, 1.165) is 43.7 Å². The molecule has 0 radical (unpaired) electrons. The highest BCUT2D eigenvalue weighted by Gasteiger charge is 2.17.